The van der Waals surface area contributed by atoms with E-state index in [0.29, 0.717) is 0 Å². The Morgan fingerprint density at radius 1 is 0.439 bits per heavy atom. The van der Waals surface area contributed by atoms with Crippen molar-refractivity contribution in [3.05, 3.63) is 36.5 Å². The lowest BCUT2D eigenvalue weighted by atomic mass is 10.2. The fraction of sp³-hybridized carbons (Fsp3) is 0.833. The van der Waals surface area contributed by atoms with E-state index in [1.165, 1.54) is 77.0 Å². The molecule has 242 valence electrons. The lowest BCUT2D eigenvalue weighted by Gasteiger charge is -2.30. The third-order valence-electron chi connectivity index (χ3n) is 7.27. The third-order valence-corrected chi connectivity index (χ3v) is 10.2. The van der Waals surface area contributed by atoms with Crippen LogP contribution in [-0.4, -0.2) is 54.2 Å². The van der Waals surface area contributed by atoms with Gasteiger partial charge in [0.1, 0.15) is 0 Å². The summed E-state index contributed by atoms with van der Waals surface area (Å²) in [4.78, 5) is 2.26. The van der Waals surface area contributed by atoms with Gasteiger partial charge in [-0.25, -0.2) is 0 Å². The van der Waals surface area contributed by atoms with Gasteiger partial charge in [0.05, 0.1) is 0 Å². The summed E-state index contributed by atoms with van der Waals surface area (Å²) in [5.74, 6) is 0. The zero-order valence-corrected chi connectivity index (χ0v) is 29.3. The van der Waals surface area contributed by atoms with Crippen LogP contribution in [0.1, 0.15) is 149 Å². The standard InChI is InChI=1S/C36H71NO3Si/c1-6-9-12-15-18-21-24-28-33-38-41(36-31-27-32-37(4)5,39-34-29-25-22-19-16-13-10-7-2)40-35-30-26-23-20-17-14-11-8-3/h18-23H,6-17,24-36H2,1-5H3/b21-18-,22-19-,23-20-. The maximum atomic E-state index is 6.64. The van der Waals surface area contributed by atoms with Crippen LogP contribution < -0.4 is 0 Å². The summed E-state index contributed by atoms with van der Waals surface area (Å²) in [6, 6.07) is 0.924. The Balaban J connectivity index is 4.95. The highest BCUT2D eigenvalue weighted by molar-refractivity contribution is 6.60. The second kappa shape index (κ2) is 32.2. The fourth-order valence-corrected chi connectivity index (χ4v) is 7.37. The summed E-state index contributed by atoms with van der Waals surface area (Å²) in [6.07, 6.45) is 37.9. The average molecular weight is 594 g/mol. The molecule has 0 aliphatic heterocycles. The second-order valence-corrected chi connectivity index (χ2v) is 14.5. The van der Waals surface area contributed by atoms with Crippen molar-refractivity contribution in [2.45, 2.75) is 155 Å². The summed E-state index contributed by atoms with van der Waals surface area (Å²) in [5, 5.41) is 0. The molecule has 4 nitrogen and oxygen atoms in total. The van der Waals surface area contributed by atoms with Gasteiger partial charge in [-0.05, 0) is 111 Å². The van der Waals surface area contributed by atoms with E-state index in [0.717, 1.165) is 83.8 Å². The van der Waals surface area contributed by atoms with Crippen molar-refractivity contribution in [1.82, 2.24) is 4.90 Å². The molecular weight excluding hydrogens is 522 g/mol. The monoisotopic (exact) mass is 594 g/mol. The van der Waals surface area contributed by atoms with Crippen molar-refractivity contribution in [2.24, 2.45) is 0 Å². The van der Waals surface area contributed by atoms with E-state index in [-0.39, 0.29) is 0 Å². The van der Waals surface area contributed by atoms with E-state index >= 15 is 0 Å². The Bertz CT molecular complexity index is 536. The highest BCUT2D eigenvalue weighted by atomic mass is 28.4. The van der Waals surface area contributed by atoms with Gasteiger partial charge in [-0.2, -0.15) is 0 Å². The maximum absolute atomic E-state index is 6.64. The van der Waals surface area contributed by atoms with Crippen LogP contribution in [0.3, 0.4) is 0 Å². The molecule has 0 saturated carbocycles. The summed E-state index contributed by atoms with van der Waals surface area (Å²) < 4.78 is 19.9. The molecule has 0 spiro atoms. The van der Waals surface area contributed by atoms with E-state index in [4.69, 9.17) is 13.3 Å². The molecule has 0 N–H and O–H groups in total. The lowest BCUT2D eigenvalue weighted by molar-refractivity contribution is 0.0564. The first-order valence-corrected chi connectivity index (χ1v) is 19.5. The highest BCUT2D eigenvalue weighted by Crippen LogP contribution is 2.22. The van der Waals surface area contributed by atoms with Gasteiger partial charge in [0.25, 0.3) is 0 Å². The van der Waals surface area contributed by atoms with E-state index in [1.807, 2.05) is 0 Å². The molecule has 0 aliphatic rings. The smallest absolute Gasteiger partial charge is 0.373 e. The SMILES string of the molecule is CCCCC/C=C\CCCO[Si](CCCCN(C)C)(OCCC/C=C\CCCCC)OCCC/C=C\CCCCC. The Morgan fingerprint density at radius 3 is 1.10 bits per heavy atom. The Morgan fingerprint density at radius 2 is 0.780 bits per heavy atom. The Kier molecular flexibility index (Phi) is 31.6. The summed E-state index contributed by atoms with van der Waals surface area (Å²) >= 11 is 0. The van der Waals surface area contributed by atoms with Crippen molar-refractivity contribution < 1.29 is 13.3 Å². The van der Waals surface area contributed by atoms with Gasteiger partial charge >= 0.3 is 8.80 Å². The number of rotatable bonds is 32. The first-order chi connectivity index (χ1) is 20.1. The average Bonchev–Trinajstić information content (AvgIpc) is 2.96. The van der Waals surface area contributed by atoms with Crippen molar-refractivity contribution in [1.29, 1.82) is 0 Å². The second-order valence-electron chi connectivity index (χ2n) is 11.8. The van der Waals surface area contributed by atoms with Crippen molar-refractivity contribution in [3.63, 3.8) is 0 Å². The molecule has 0 aromatic carbocycles. The Labute approximate surface area is 258 Å². The van der Waals surface area contributed by atoms with Crippen LogP contribution in [-0.2, 0) is 13.3 Å². The van der Waals surface area contributed by atoms with Gasteiger partial charge in [0.15, 0.2) is 0 Å². The van der Waals surface area contributed by atoms with Gasteiger partial charge in [-0.15, -0.1) is 0 Å². The quantitative estimate of drug-likeness (QED) is 0.0441. The van der Waals surface area contributed by atoms with Crippen LogP contribution in [0.25, 0.3) is 0 Å². The molecule has 0 unspecified atom stereocenters. The highest BCUT2D eigenvalue weighted by Gasteiger charge is 2.40. The minimum absolute atomic E-state index is 0.730. The molecule has 0 saturated heterocycles. The van der Waals surface area contributed by atoms with Crippen molar-refractivity contribution in [3.8, 4) is 0 Å². The lowest BCUT2D eigenvalue weighted by Crippen LogP contribution is -2.46. The fourth-order valence-electron chi connectivity index (χ4n) is 4.64. The third kappa shape index (κ3) is 29.1. The Hall–Kier alpha value is -0.723. The zero-order valence-electron chi connectivity index (χ0n) is 28.3. The van der Waals surface area contributed by atoms with Crippen LogP contribution in [0, 0.1) is 0 Å². The maximum Gasteiger partial charge on any atom is 0.500 e. The normalized spacial score (nSPS) is 12.7. The van der Waals surface area contributed by atoms with Crippen molar-refractivity contribution in [2.75, 3.05) is 40.5 Å². The molecular formula is C36H71NO3Si. The first-order valence-electron chi connectivity index (χ1n) is 17.6. The number of nitrogens with zero attached hydrogens (tertiary/aromatic N) is 1. The number of hydrogen-bond donors (Lipinski definition) is 0. The topological polar surface area (TPSA) is 30.9 Å². The number of allylic oxidation sites excluding steroid dienone is 6. The molecule has 0 radical (unpaired) electrons. The van der Waals surface area contributed by atoms with Crippen LogP contribution in [0.4, 0.5) is 0 Å². The van der Waals surface area contributed by atoms with Crippen LogP contribution in [0.15, 0.2) is 36.5 Å². The van der Waals surface area contributed by atoms with E-state index in [1.54, 1.807) is 0 Å². The molecule has 0 bridgehead atoms. The molecule has 0 aliphatic carbocycles. The molecule has 41 heavy (non-hydrogen) atoms. The number of unbranched alkanes of at least 4 members (excludes halogenated alkanes) is 13. The van der Waals surface area contributed by atoms with Gasteiger partial charge in [0.2, 0.25) is 0 Å². The van der Waals surface area contributed by atoms with Gasteiger partial charge < -0.3 is 18.2 Å². The summed E-state index contributed by atoms with van der Waals surface area (Å²) in [5.41, 5.74) is 0. The molecule has 0 aromatic rings. The minimum atomic E-state index is -2.72. The summed E-state index contributed by atoms with van der Waals surface area (Å²) in [7, 11) is 1.58. The van der Waals surface area contributed by atoms with Gasteiger partial charge in [-0.3, -0.25) is 0 Å². The predicted molar refractivity (Wildman–Crippen MR) is 184 cm³/mol. The van der Waals surface area contributed by atoms with E-state index < -0.39 is 8.80 Å². The van der Waals surface area contributed by atoms with Gasteiger partial charge in [0, 0.05) is 25.9 Å². The van der Waals surface area contributed by atoms with E-state index in [2.05, 4.69) is 76.2 Å². The zero-order chi connectivity index (χ0) is 30.1. The molecule has 0 atom stereocenters. The van der Waals surface area contributed by atoms with Crippen LogP contribution in [0.5, 0.6) is 0 Å². The van der Waals surface area contributed by atoms with Crippen LogP contribution >= 0.6 is 0 Å². The van der Waals surface area contributed by atoms with E-state index in [9.17, 15) is 0 Å². The summed E-state index contributed by atoms with van der Waals surface area (Å²) in [6.45, 7) is 10.1. The van der Waals surface area contributed by atoms with Crippen LogP contribution in [0.2, 0.25) is 6.04 Å². The molecule has 0 aromatic heterocycles. The molecule has 0 amide bonds. The number of hydrogen-bond acceptors (Lipinski definition) is 4. The predicted octanol–water partition coefficient (Wildman–Crippen LogP) is 11.1. The minimum Gasteiger partial charge on any atom is -0.373 e. The molecule has 0 fully saturated rings. The molecule has 5 heteroatoms. The molecule has 0 heterocycles. The first kappa shape index (κ1) is 40.3. The largest absolute Gasteiger partial charge is 0.500 e. The van der Waals surface area contributed by atoms with Gasteiger partial charge in [-0.1, -0.05) is 95.8 Å². The molecule has 0 rings (SSSR count). The van der Waals surface area contributed by atoms with Crippen molar-refractivity contribution >= 4 is 8.80 Å².